The van der Waals surface area contributed by atoms with Crippen molar-refractivity contribution in [3.63, 3.8) is 0 Å². The molecule has 2 aromatic rings. The van der Waals surface area contributed by atoms with Crippen molar-refractivity contribution in [2.45, 2.75) is 33.4 Å². The molecule has 0 amide bonds. The zero-order valence-corrected chi connectivity index (χ0v) is 20.5. The van der Waals surface area contributed by atoms with Gasteiger partial charge in [-0.1, -0.05) is 54.1 Å². The SMILES string of the molecule is CCNC(=NCc1ccccc1CN1CCOCC1)NCCc1ccc(C)cc1.I. The number of hydrogen-bond donors (Lipinski definition) is 2. The average Bonchev–Trinajstić information content (AvgIpc) is 2.75. The molecule has 1 heterocycles. The van der Waals surface area contributed by atoms with Crippen molar-refractivity contribution in [3.8, 4) is 0 Å². The van der Waals surface area contributed by atoms with Crippen LogP contribution in [0.5, 0.6) is 0 Å². The fourth-order valence-electron chi connectivity index (χ4n) is 3.45. The van der Waals surface area contributed by atoms with Crippen molar-refractivity contribution in [1.29, 1.82) is 0 Å². The molecular formula is C24H35IN4O. The molecular weight excluding hydrogens is 487 g/mol. The number of ether oxygens (including phenoxy) is 1. The Labute approximate surface area is 198 Å². The van der Waals surface area contributed by atoms with Gasteiger partial charge in [0.2, 0.25) is 0 Å². The summed E-state index contributed by atoms with van der Waals surface area (Å²) in [6.07, 6.45) is 0.984. The second-order valence-corrected chi connectivity index (χ2v) is 7.51. The van der Waals surface area contributed by atoms with Crippen LogP contribution in [0.2, 0.25) is 0 Å². The molecule has 6 heteroatoms. The van der Waals surface area contributed by atoms with Crippen LogP contribution < -0.4 is 10.6 Å². The first kappa shape index (κ1) is 24.6. The maximum Gasteiger partial charge on any atom is 0.191 e. The minimum absolute atomic E-state index is 0. The van der Waals surface area contributed by atoms with Crippen LogP contribution in [0.25, 0.3) is 0 Å². The molecule has 0 aromatic heterocycles. The van der Waals surface area contributed by atoms with Gasteiger partial charge in [0, 0.05) is 32.7 Å². The summed E-state index contributed by atoms with van der Waals surface area (Å²) in [6, 6.07) is 17.4. The van der Waals surface area contributed by atoms with Crippen LogP contribution in [0.15, 0.2) is 53.5 Å². The Hall–Kier alpha value is -1.64. The van der Waals surface area contributed by atoms with Crippen LogP contribution in [0.3, 0.4) is 0 Å². The molecule has 2 N–H and O–H groups in total. The molecule has 1 aliphatic rings. The molecule has 0 atom stereocenters. The van der Waals surface area contributed by atoms with E-state index >= 15 is 0 Å². The van der Waals surface area contributed by atoms with E-state index in [1.807, 2.05) is 0 Å². The van der Waals surface area contributed by atoms with Crippen LogP contribution in [0.1, 0.15) is 29.2 Å². The molecule has 1 aliphatic heterocycles. The van der Waals surface area contributed by atoms with Gasteiger partial charge < -0.3 is 15.4 Å². The van der Waals surface area contributed by atoms with Crippen molar-refractivity contribution in [2.24, 2.45) is 4.99 Å². The maximum atomic E-state index is 5.47. The van der Waals surface area contributed by atoms with Gasteiger partial charge in [0.05, 0.1) is 19.8 Å². The first-order valence-electron chi connectivity index (χ1n) is 10.7. The lowest BCUT2D eigenvalue weighted by Gasteiger charge is -2.27. The number of morpholine rings is 1. The molecule has 0 radical (unpaired) electrons. The third-order valence-corrected chi connectivity index (χ3v) is 5.19. The van der Waals surface area contributed by atoms with Crippen LogP contribution in [-0.4, -0.2) is 50.3 Å². The van der Waals surface area contributed by atoms with E-state index in [9.17, 15) is 0 Å². The van der Waals surface area contributed by atoms with Crippen LogP contribution >= 0.6 is 24.0 Å². The summed E-state index contributed by atoms with van der Waals surface area (Å²) in [5.74, 6) is 0.876. The molecule has 2 aromatic carbocycles. The summed E-state index contributed by atoms with van der Waals surface area (Å²) >= 11 is 0. The molecule has 30 heavy (non-hydrogen) atoms. The van der Waals surface area contributed by atoms with Crippen molar-refractivity contribution >= 4 is 29.9 Å². The Morgan fingerprint density at radius 2 is 1.70 bits per heavy atom. The van der Waals surface area contributed by atoms with Gasteiger partial charge in [-0.05, 0) is 37.0 Å². The number of benzene rings is 2. The van der Waals surface area contributed by atoms with Gasteiger partial charge in [-0.3, -0.25) is 4.90 Å². The molecule has 0 aliphatic carbocycles. The zero-order chi connectivity index (χ0) is 20.3. The van der Waals surface area contributed by atoms with Crippen LogP contribution in [0.4, 0.5) is 0 Å². The number of aliphatic imine (C=N–C) groups is 1. The number of hydrogen-bond acceptors (Lipinski definition) is 3. The van der Waals surface area contributed by atoms with E-state index in [4.69, 9.17) is 9.73 Å². The molecule has 1 saturated heterocycles. The van der Waals surface area contributed by atoms with Gasteiger partial charge in [-0.25, -0.2) is 4.99 Å². The summed E-state index contributed by atoms with van der Waals surface area (Å²) in [5, 5.41) is 6.83. The normalized spacial score (nSPS) is 14.8. The smallest absolute Gasteiger partial charge is 0.191 e. The molecule has 0 unspecified atom stereocenters. The van der Waals surface area contributed by atoms with E-state index in [0.29, 0.717) is 6.54 Å². The van der Waals surface area contributed by atoms with Gasteiger partial charge in [0.15, 0.2) is 5.96 Å². The zero-order valence-electron chi connectivity index (χ0n) is 18.2. The van der Waals surface area contributed by atoms with E-state index in [1.165, 1.54) is 22.3 Å². The highest BCUT2D eigenvalue weighted by atomic mass is 127. The summed E-state index contributed by atoms with van der Waals surface area (Å²) in [5.41, 5.74) is 5.28. The summed E-state index contributed by atoms with van der Waals surface area (Å²) in [7, 11) is 0. The van der Waals surface area contributed by atoms with E-state index < -0.39 is 0 Å². The lowest BCUT2D eigenvalue weighted by molar-refractivity contribution is 0.0341. The van der Waals surface area contributed by atoms with Crippen LogP contribution in [-0.2, 0) is 24.2 Å². The Morgan fingerprint density at radius 1 is 1.00 bits per heavy atom. The van der Waals surface area contributed by atoms with Crippen molar-refractivity contribution in [1.82, 2.24) is 15.5 Å². The Balaban J connectivity index is 0.00000320. The van der Waals surface area contributed by atoms with Crippen molar-refractivity contribution in [2.75, 3.05) is 39.4 Å². The van der Waals surface area contributed by atoms with Gasteiger partial charge in [0.25, 0.3) is 0 Å². The van der Waals surface area contributed by atoms with Crippen molar-refractivity contribution < 1.29 is 4.74 Å². The highest BCUT2D eigenvalue weighted by molar-refractivity contribution is 14.0. The largest absolute Gasteiger partial charge is 0.379 e. The molecule has 0 spiro atoms. The molecule has 164 valence electrons. The van der Waals surface area contributed by atoms with Gasteiger partial charge in [-0.15, -0.1) is 24.0 Å². The third-order valence-electron chi connectivity index (χ3n) is 5.19. The highest BCUT2D eigenvalue weighted by Gasteiger charge is 2.12. The van der Waals surface area contributed by atoms with E-state index in [-0.39, 0.29) is 24.0 Å². The number of aryl methyl sites for hydroxylation is 1. The number of nitrogens with one attached hydrogen (secondary N) is 2. The highest BCUT2D eigenvalue weighted by Crippen LogP contribution is 2.14. The third kappa shape index (κ3) is 8.24. The Bertz CT molecular complexity index is 773. The Kier molecular flexibility index (Phi) is 11.2. The fraction of sp³-hybridized carbons (Fsp3) is 0.458. The first-order chi connectivity index (χ1) is 14.2. The number of rotatable bonds is 8. The minimum atomic E-state index is 0. The average molecular weight is 522 g/mol. The Morgan fingerprint density at radius 3 is 2.40 bits per heavy atom. The quantitative estimate of drug-likeness (QED) is 0.315. The minimum Gasteiger partial charge on any atom is -0.379 e. The molecule has 0 bridgehead atoms. The van der Waals surface area contributed by atoms with E-state index in [1.54, 1.807) is 0 Å². The van der Waals surface area contributed by atoms with E-state index in [0.717, 1.165) is 58.3 Å². The number of guanidine groups is 1. The molecule has 3 rings (SSSR count). The van der Waals surface area contributed by atoms with Gasteiger partial charge in [0.1, 0.15) is 0 Å². The predicted octanol–water partition coefficient (Wildman–Crippen LogP) is 3.74. The predicted molar refractivity (Wildman–Crippen MR) is 136 cm³/mol. The second kappa shape index (κ2) is 13.6. The summed E-state index contributed by atoms with van der Waals surface area (Å²) in [6.45, 7) is 11.2. The summed E-state index contributed by atoms with van der Waals surface area (Å²) in [4.78, 5) is 7.29. The number of nitrogens with zero attached hydrogens (tertiary/aromatic N) is 2. The monoisotopic (exact) mass is 522 g/mol. The molecule has 1 fully saturated rings. The van der Waals surface area contributed by atoms with Crippen LogP contribution in [0, 0.1) is 6.92 Å². The lowest BCUT2D eigenvalue weighted by Crippen LogP contribution is -2.38. The molecule has 5 nitrogen and oxygen atoms in total. The lowest BCUT2D eigenvalue weighted by atomic mass is 10.1. The standard InChI is InChI=1S/C24H34N4O.HI/c1-3-25-24(26-13-12-21-10-8-20(2)9-11-21)27-18-22-6-4-5-7-23(22)19-28-14-16-29-17-15-28;/h4-11H,3,12-19H2,1-2H3,(H2,25,26,27);1H. The summed E-state index contributed by atoms with van der Waals surface area (Å²) < 4.78 is 5.47. The van der Waals surface area contributed by atoms with Crippen molar-refractivity contribution in [3.05, 3.63) is 70.8 Å². The maximum absolute atomic E-state index is 5.47. The fourth-order valence-corrected chi connectivity index (χ4v) is 3.45. The van der Waals surface area contributed by atoms with E-state index in [2.05, 4.69) is 77.9 Å². The first-order valence-corrected chi connectivity index (χ1v) is 10.7. The van der Waals surface area contributed by atoms with Gasteiger partial charge in [-0.2, -0.15) is 0 Å². The topological polar surface area (TPSA) is 48.9 Å². The molecule has 0 saturated carbocycles. The second-order valence-electron chi connectivity index (χ2n) is 7.51. The van der Waals surface area contributed by atoms with Gasteiger partial charge >= 0.3 is 0 Å². The number of halogens is 1.